The molecule has 4 nitrogen and oxygen atoms in total. The predicted molar refractivity (Wildman–Crippen MR) is 111 cm³/mol. The molecule has 5 rings (SSSR count). The molecule has 2 heterocycles. The number of hydrogen-bond acceptors (Lipinski definition) is 4. The Kier molecular flexibility index (Phi) is 4.11. The summed E-state index contributed by atoms with van der Waals surface area (Å²) in [5.74, 6) is 0.880. The summed E-state index contributed by atoms with van der Waals surface area (Å²) in [7, 11) is 0. The number of aromatic nitrogens is 3. The first-order chi connectivity index (χ1) is 13.8. The molecule has 0 radical (unpaired) electrons. The lowest BCUT2D eigenvalue weighted by Crippen LogP contribution is -1.89. The van der Waals surface area contributed by atoms with E-state index in [2.05, 4.69) is 10.2 Å². The van der Waals surface area contributed by atoms with Crippen molar-refractivity contribution >= 4 is 22.5 Å². The minimum atomic E-state index is 0.430. The molecule has 5 aromatic rings. The van der Waals surface area contributed by atoms with Crippen molar-refractivity contribution in [3.63, 3.8) is 0 Å². The Morgan fingerprint density at radius 1 is 0.679 bits per heavy atom. The third-order valence-electron chi connectivity index (χ3n) is 4.51. The molecule has 0 aliphatic heterocycles. The number of pyridine rings is 1. The van der Waals surface area contributed by atoms with E-state index < -0.39 is 0 Å². The molecule has 0 bridgehead atoms. The van der Waals surface area contributed by atoms with Crippen LogP contribution in [0.3, 0.4) is 0 Å². The van der Waals surface area contributed by atoms with E-state index in [1.807, 2.05) is 78.9 Å². The highest BCUT2D eigenvalue weighted by Gasteiger charge is 2.16. The Bertz CT molecular complexity index is 1280. The summed E-state index contributed by atoms with van der Waals surface area (Å²) < 4.78 is 6.00. The van der Waals surface area contributed by atoms with E-state index in [4.69, 9.17) is 21.0 Å². The van der Waals surface area contributed by atoms with Gasteiger partial charge in [0.05, 0.1) is 16.8 Å². The first-order valence-corrected chi connectivity index (χ1v) is 9.21. The standard InChI is InChI=1S/C23H14ClN3O/c24-17-10-6-9-16(13-17)22-26-27-23(28-22)19-14-21(15-7-2-1-3-8-15)25-20-12-5-4-11-18(19)20/h1-14H. The quantitative estimate of drug-likeness (QED) is 0.368. The fraction of sp³-hybridized carbons (Fsp3) is 0. The van der Waals surface area contributed by atoms with Crippen molar-refractivity contribution in [1.29, 1.82) is 0 Å². The largest absolute Gasteiger partial charge is 0.416 e. The predicted octanol–water partition coefficient (Wildman–Crippen LogP) is 6.27. The van der Waals surface area contributed by atoms with E-state index in [9.17, 15) is 0 Å². The first kappa shape index (κ1) is 16.7. The van der Waals surface area contributed by atoms with Gasteiger partial charge in [0.15, 0.2) is 0 Å². The van der Waals surface area contributed by atoms with Crippen molar-refractivity contribution in [2.45, 2.75) is 0 Å². The monoisotopic (exact) mass is 383 g/mol. The molecule has 0 atom stereocenters. The maximum absolute atomic E-state index is 6.09. The van der Waals surface area contributed by atoms with Gasteiger partial charge in [-0.1, -0.05) is 66.2 Å². The van der Waals surface area contributed by atoms with Gasteiger partial charge in [-0.3, -0.25) is 0 Å². The Balaban J connectivity index is 1.68. The average molecular weight is 384 g/mol. The second-order valence-electron chi connectivity index (χ2n) is 6.36. The molecule has 0 spiro atoms. The van der Waals surface area contributed by atoms with Crippen LogP contribution in [0, 0.1) is 0 Å². The summed E-state index contributed by atoms with van der Waals surface area (Å²) in [4.78, 5) is 4.80. The van der Waals surface area contributed by atoms with Gasteiger partial charge in [-0.2, -0.15) is 0 Å². The van der Waals surface area contributed by atoms with Gasteiger partial charge in [0, 0.05) is 21.5 Å². The Hall–Kier alpha value is -3.50. The molecule has 0 aliphatic carbocycles. The molecule has 0 saturated carbocycles. The number of hydrogen-bond donors (Lipinski definition) is 0. The Morgan fingerprint density at radius 3 is 2.29 bits per heavy atom. The van der Waals surface area contributed by atoms with Gasteiger partial charge in [-0.15, -0.1) is 10.2 Å². The van der Waals surface area contributed by atoms with E-state index in [0.717, 1.165) is 33.3 Å². The van der Waals surface area contributed by atoms with Crippen LogP contribution in [0.5, 0.6) is 0 Å². The highest BCUT2D eigenvalue weighted by molar-refractivity contribution is 6.30. The molecule has 0 amide bonds. The average Bonchev–Trinajstić information content (AvgIpc) is 3.24. The van der Waals surface area contributed by atoms with E-state index in [-0.39, 0.29) is 0 Å². The van der Waals surface area contributed by atoms with Crippen LogP contribution in [-0.2, 0) is 0 Å². The molecule has 2 aromatic heterocycles. The fourth-order valence-electron chi connectivity index (χ4n) is 3.18. The number of para-hydroxylation sites is 1. The number of halogens is 1. The van der Waals surface area contributed by atoms with Crippen LogP contribution in [0.2, 0.25) is 5.02 Å². The molecule has 0 unspecified atom stereocenters. The highest BCUT2D eigenvalue weighted by Crippen LogP contribution is 2.33. The summed E-state index contributed by atoms with van der Waals surface area (Å²) in [5, 5.41) is 10.1. The Labute approximate surface area is 166 Å². The molecule has 3 aromatic carbocycles. The van der Waals surface area contributed by atoms with Gasteiger partial charge in [-0.05, 0) is 30.3 Å². The summed E-state index contributed by atoms with van der Waals surface area (Å²) >= 11 is 6.09. The number of nitrogens with zero attached hydrogens (tertiary/aromatic N) is 3. The van der Waals surface area contributed by atoms with E-state index in [1.54, 1.807) is 6.07 Å². The van der Waals surface area contributed by atoms with Crippen LogP contribution < -0.4 is 0 Å². The van der Waals surface area contributed by atoms with Crippen molar-refractivity contribution in [3.8, 4) is 34.2 Å². The zero-order valence-electron chi connectivity index (χ0n) is 14.7. The lowest BCUT2D eigenvalue weighted by atomic mass is 10.0. The van der Waals surface area contributed by atoms with Gasteiger partial charge >= 0.3 is 0 Å². The fourth-order valence-corrected chi connectivity index (χ4v) is 3.37. The molecule has 5 heteroatoms. The van der Waals surface area contributed by atoms with Crippen LogP contribution in [0.1, 0.15) is 0 Å². The van der Waals surface area contributed by atoms with E-state index in [1.165, 1.54) is 0 Å². The SMILES string of the molecule is Clc1cccc(-c2nnc(-c3cc(-c4ccccc4)nc4ccccc34)o2)c1. The zero-order chi connectivity index (χ0) is 18.9. The molecular weight excluding hydrogens is 370 g/mol. The van der Waals surface area contributed by atoms with Gasteiger partial charge in [0.1, 0.15) is 0 Å². The molecule has 0 N–H and O–H groups in total. The molecule has 0 saturated heterocycles. The third kappa shape index (κ3) is 3.04. The third-order valence-corrected chi connectivity index (χ3v) is 4.75. The lowest BCUT2D eigenvalue weighted by Gasteiger charge is -2.07. The van der Waals surface area contributed by atoms with Crippen LogP contribution in [0.4, 0.5) is 0 Å². The number of rotatable bonds is 3. The molecule has 28 heavy (non-hydrogen) atoms. The number of fused-ring (bicyclic) bond motifs is 1. The van der Waals surface area contributed by atoms with Crippen LogP contribution in [-0.4, -0.2) is 15.2 Å². The zero-order valence-corrected chi connectivity index (χ0v) is 15.5. The van der Waals surface area contributed by atoms with Gasteiger partial charge in [0.25, 0.3) is 0 Å². The highest BCUT2D eigenvalue weighted by atomic mass is 35.5. The minimum Gasteiger partial charge on any atom is -0.416 e. The lowest BCUT2D eigenvalue weighted by molar-refractivity contribution is 0.585. The summed E-state index contributed by atoms with van der Waals surface area (Å²) in [6.45, 7) is 0. The first-order valence-electron chi connectivity index (χ1n) is 8.83. The normalized spacial score (nSPS) is 11.0. The van der Waals surface area contributed by atoms with Crippen molar-refractivity contribution < 1.29 is 4.42 Å². The molecule has 0 fully saturated rings. The summed E-state index contributed by atoms with van der Waals surface area (Å²) in [6, 6.07) is 27.3. The van der Waals surface area contributed by atoms with Crippen molar-refractivity contribution in [2.75, 3.05) is 0 Å². The smallest absolute Gasteiger partial charge is 0.248 e. The van der Waals surface area contributed by atoms with Crippen LogP contribution in [0.15, 0.2) is 89.3 Å². The van der Waals surface area contributed by atoms with Crippen molar-refractivity contribution in [1.82, 2.24) is 15.2 Å². The molecular formula is C23H14ClN3O. The van der Waals surface area contributed by atoms with Crippen molar-refractivity contribution in [3.05, 3.63) is 90.0 Å². The van der Waals surface area contributed by atoms with Crippen molar-refractivity contribution in [2.24, 2.45) is 0 Å². The van der Waals surface area contributed by atoms with Crippen LogP contribution in [0.25, 0.3) is 45.1 Å². The topological polar surface area (TPSA) is 51.8 Å². The van der Waals surface area contributed by atoms with E-state index >= 15 is 0 Å². The van der Waals surface area contributed by atoms with Gasteiger partial charge < -0.3 is 4.42 Å². The summed E-state index contributed by atoms with van der Waals surface area (Å²) in [5.41, 5.74) is 4.40. The molecule has 0 aliphatic rings. The summed E-state index contributed by atoms with van der Waals surface area (Å²) in [6.07, 6.45) is 0. The van der Waals surface area contributed by atoms with E-state index in [0.29, 0.717) is 16.8 Å². The second kappa shape index (κ2) is 6.91. The second-order valence-corrected chi connectivity index (χ2v) is 6.80. The Morgan fingerprint density at radius 2 is 1.43 bits per heavy atom. The van der Waals surface area contributed by atoms with Gasteiger partial charge in [0.2, 0.25) is 11.8 Å². The number of benzene rings is 3. The maximum atomic E-state index is 6.09. The van der Waals surface area contributed by atoms with Crippen LogP contribution >= 0.6 is 11.6 Å². The maximum Gasteiger partial charge on any atom is 0.248 e. The minimum absolute atomic E-state index is 0.430. The van der Waals surface area contributed by atoms with Gasteiger partial charge in [-0.25, -0.2) is 4.98 Å². The molecule has 134 valence electrons.